The third-order valence-corrected chi connectivity index (χ3v) is 4.34. The molecule has 1 heterocycles. The highest BCUT2D eigenvalue weighted by Gasteiger charge is 2.16. The van der Waals surface area contributed by atoms with Crippen LogP contribution in [0, 0.1) is 0 Å². The maximum Gasteiger partial charge on any atom is 0.355 e. The molecule has 27 heavy (non-hydrogen) atoms. The van der Waals surface area contributed by atoms with Gasteiger partial charge in [0, 0.05) is 25.4 Å². The molecular weight excluding hydrogens is 344 g/mol. The van der Waals surface area contributed by atoms with Gasteiger partial charge < -0.3 is 14.6 Å². The number of nitrogens with one attached hydrogen (secondary N) is 1. The first-order valence-corrected chi connectivity index (χ1v) is 8.98. The van der Waals surface area contributed by atoms with Crippen LogP contribution in [-0.2, 0) is 23.0 Å². The molecule has 2 aromatic rings. The molecule has 0 saturated carbocycles. The van der Waals surface area contributed by atoms with Crippen LogP contribution in [0.15, 0.2) is 36.5 Å². The molecule has 1 aromatic heterocycles. The number of esters is 1. The van der Waals surface area contributed by atoms with Gasteiger partial charge >= 0.3 is 5.97 Å². The SMILES string of the molecule is CC(=O)c1cc(C(=O)OCC(=O)NCCc2ccc(C(C)C)cc2)n(C)c1. The Morgan fingerprint density at radius 2 is 1.81 bits per heavy atom. The van der Waals surface area contributed by atoms with Gasteiger partial charge in [0.05, 0.1) is 0 Å². The Kier molecular flexibility index (Phi) is 6.93. The number of ether oxygens (including phenoxy) is 1. The topological polar surface area (TPSA) is 77.4 Å². The van der Waals surface area contributed by atoms with E-state index in [2.05, 4.69) is 43.4 Å². The standard InChI is InChI=1S/C21H26N2O4/c1-14(2)17-7-5-16(6-8-17)9-10-22-20(25)13-27-21(26)19-11-18(15(3)24)12-23(19)4/h5-8,11-12,14H,9-10,13H2,1-4H3,(H,22,25). The summed E-state index contributed by atoms with van der Waals surface area (Å²) in [6.45, 7) is 5.83. The van der Waals surface area contributed by atoms with Gasteiger partial charge in [-0.1, -0.05) is 38.1 Å². The van der Waals surface area contributed by atoms with Crippen molar-refractivity contribution in [2.75, 3.05) is 13.2 Å². The number of carbonyl (C=O) groups is 3. The van der Waals surface area contributed by atoms with Crippen LogP contribution in [0.1, 0.15) is 58.7 Å². The molecule has 2 rings (SSSR count). The lowest BCUT2D eigenvalue weighted by Crippen LogP contribution is -2.30. The van der Waals surface area contributed by atoms with Gasteiger partial charge in [0.2, 0.25) is 0 Å². The summed E-state index contributed by atoms with van der Waals surface area (Å²) in [5.74, 6) is -0.638. The van der Waals surface area contributed by atoms with E-state index >= 15 is 0 Å². The van der Waals surface area contributed by atoms with Crippen molar-refractivity contribution in [2.24, 2.45) is 7.05 Å². The molecule has 0 unspecified atom stereocenters. The molecule has 0 spiro atoms. The zero-order valence-corrected chi connectivity index (χ0v) is 16.2. The van der Waals surface area contributed by atoms with Crippen molar-refractivity contribution in [3.63, 3.8) is 0 Å². The van der Waals surface area contributed by atoms with Crippen molar-refractivity contribution in [3.8, 4) is 0 Å². The van der Waals surface area contributed by atoms with Crippen molar-refractivity contribution < 1.29 is 19.1 Å². The molecule has 0 saturated heterocycles. The fourth-order valence-electron chi connectivity index (χ4n) is 2.63. The number of aromatic nitrogens is 1. The number of amides is 1. The van der Waals surface area contributed by atoms with E-state index in [1.54, 1.807) is 13.2 Å². The molecule has 0 radical (unpaired) electrons. The molecule has 1 amide bonds. The number of ketones is 1. The third kappa shape index (κ3) is 5.81. The maximum absolute atomic E-state index is 12.1. The predicted octanol–water partition coefficient (Wildman–Crippen LogP) is 2.87. The van der Waals surface area contributed by atoms with Crippen molar-refractivity contribution >= 4 is 17.7 Å². The van der Waals surface area contributed by atoms with Gasteiger partial charge in [-0.3, -0.25) is 9.59 Å². The van der Waals surface area contributed by atoms with Crippen molar-refractivity contribution in [1.82, 2.24) is 9.88 Å². The largest absolute Gasteiger partial charge is 0.451 e. The molecule has 1 N–H and O–H groups in total. The molecule has 6 heteroatoms. The Labute approximate surface area is 159 Å². The van der Waals surface area contributed by atoms with E-state index in [0.717, 1.165) is 5.56 Å². The van der Waals surface area contributed by atoms with Gasteiger partial charge in [0.15, 0.2) is 12.4 Å². The number of carbonyl (C=O) groups excluding carboxylic acids is 3. The fourth-order valence-corrected chi connectivity index (χ4v) is 2.63. The van der Waals surface area contributed by atoms with Crippen molar-refractivity contribution in [3.05, 3.63) is 58.9 Å². The van der Waals surface area contributed by atoms with Crippen LogP contribution in [0.2, 0.25) is 0 Å². The number of hydrogen-bond acceptors (Lipinski definition) is 4. The molecule has 6 nitrogen and oxygen atoms in total. The van der Waals surface area contributed by atoms with Crippen LogP contribution in [0.25, 0.3) is 0 Å². The first kappa shape index (κ1) is 20.4. The minimum absolute atomic E-state index is 0.135. The van der Waals surface area contributed by atoms with Gasteiger partial charge in [-0.15, -0.1) is 0 Å². The number of benzene rings is 1. The van der Waals surface area contributed by atoms with E-state index in [1.807, 2.05) is 0 Å². The Bertz CT molecular complexity index is 819. The lowest BCUT2D eigenvalue weighted by atomic mass is 10.0. The Morgan fingerprint density at radius 3 is 2.37 bits per heavy atom. The summed E-state index contributed by atoms with van der Waals surface area (Å²) >= 11 is 0. The van der Waals surface area contributed by atoms with Crippen LogP contribution in [-0.4, -0.2) is 35.4 Å². The first-order valence-electron chi connectivity index (χ1n) is 8.98. The van der Waals surface area contributed by atoms with Crippen LogP contribution >= 0.6 is 0 Å². The Morgan fingerprint density at radius 1 is 1.15 bits per heavy atom. The van der Waals surface area contributed by atoms with Gasteiger partial charge in [-0.25, -0.2) is 4.79 Å². The van der Waals surface area contributed by atoms with Gasteiger partial charge in [0.1, 0.15) is 5.69 Å². The molecule has 0 bridgehead atoms. The molecule has 0 atom stereocenters. The first-order chi connectivity index (χ1) is 12.8. The monoisotopic (exact) mass is 370 g/mol. The highest BCUT2D eigenvalue weighted by atomic mass is 16.5. The second-order valence-electron chi connectivity index (χ2n) is 6.85. The average Bonchev–Trinajstić information content (AvgIpc) is 3.02. The van der Waals surface area contributed by atoms with E-state index < -0.39 is 5.97 Å². The molecule has 0 aliphatic carbocycles. The number of Topliss-reactive ketones (excluding diaryl/α,β-unsaturated/α-hetero) is 1. The zero-order valence-electron chi connectivity index (χ0n) is 16.2. The fraction of sp³-hybridized carbons (Fsp3) is 0.381. The minimum atomic E-state index is -0.635. The second-order valence-corrected chi connectivity index (χ2v) is 6.85. The van der Waals surface area contributed by atoms with E-state index in [1.165, 1.54) is 23.1 Å². The van der Waals surface area contributed by atoms with Crippen molar-refractivity contribution in [2.45, 2.75) is 33.1 Å². The number of rotatable bonds is 8. The van der Waals surface area contributed by atoms with Crippen LogP contribution < -0.4 is 5.32 Å². The molecule has 0 aliphatic rings. The summed E-state index contributed by atoms with van der Waals surface area (Å²) in [6, 6.07) is 9.77. The minimum Gasteiger partial charge on any atom is -0.451 e. The summed E-state index contributed by atoms with van der Waals surface area (Å²) in [6.07, 6.45) is 2.27. The van der Waals surface area contributed by atoms with Crippen LogP contribution in [0.4, 0.5) is 0 Å². The zero-order chi connectivity index (χ0) is 20.0. The van der Waals surface area contributed by atoms with E-state index in [0.29, 0.717) is 24.4 Å². The lowest BCUT2D eigenvalue weighted by molar-refractivity contribution is -0.124. The summed E-state index contributed by atoms with van der Waals surface area (Å²) in [5.41, 5.74) is 3.08. The van der Waals surface area contributed by atoms with Gasteiger partial charge in [0.25, 0.3) is 5.91 Å². The Balaban J connectivity index is 1.76. The Hall–Kier alpha value is -2.89. The quantitative estimate of drug-likeness (QED) is 0.573. The molecule has 144 valence electrons. The van der Waals surface area contributed by atoms with Crippen LogP contribution in [0.3, 0.4) is 0 Å². The van der Waals surface area contributed by atoms with E-state index in [9.17, 15) is 14.4 Å². The van der Waals surface area contributed by atoms with Gasteiger partial charge in [-0.2, -0.15) is 0 Å². The smallest absolute Gasteiger partial charge is 0.355 e. The summed E-state index contributed by atoms with van der Waals surface area (Å²) in [7, 11) is 1.65. The maximum atomic E-state index is 12.1. The summed E-state index contributed by atoms with van der Waals surface area (Å²) < 4.78 is 6.54. The number of hydrogen-bond donors (Lipinski definition) is 1. The van der Waals surface area contributed by atoms with Crippen LogP contribution in [0.5, 0.6) is 0 Å². The third-order valence-electron chi connectivity index (χ3n) is 4.34. The van der Waals surface area contributed by atoms with E-state index in [4.69, 9.17) is 4.74 Å². The average molecular weight is 370 g/mol. The van der Waals surface area contributed by atoms with E-state index in [-0.39, 0.29) is 24.0 Å². The normalized spacial score (nSPS) is 10.7. The van der Waals surface area contributed by atoms with Gasteiger partial charge in [-0.05, 0) is 36.5 Å². The van der Waals surface area contributed by atoms with Crippen molar-refractivity contribution in [1.29, 1.82) is 0 Å². The second kappa shape index (κ2) is 9.16. The molecule has 0 fully saturated rings. The number of aryl methyl sites for hydroxylation is 1. The highest BCUT2D eigenvalue weighted by Crippen LogP contribution is 2.14. The molecular formula is C21H26N2O4. The summed E-state index contributed by atoms with van der Waals surface area (Å²) in [5, 5.41) is 2.74. The molecule has 0 aliphatic heterocycles. The molecule has 1 aromatic carbocycles. The number of nitrogens with zero attached hydrogens (tertiary/aromatic N) is 1. The lowest BCUT2D eigenvalue weighted by Gasteiger charge is -2.09. The summed E-state index contributed by atoms with van der Waals surface area (Å²) in [4.78, 5) is 35.3. The predicted molar refractivity (Wildman–Crippen MR) is 103 cm³/mol. The highest BCUT2D eigenvalue weighted by molar-refractivity contribution is 5.98.